The molecular formula is C15H22O4. The second-order valence-corrected chi connectivity index (χ2v) is 5.19. The van der Waals surface area contributed by atoms with E-state index in [1.807, 2.05) is 37.3 Å². The van der Waals surface area contributed by atoms with Crippen LogP contribution in [0.5, 0.6) is 0 Å². The van der Waals surface area contributed by atoms with Gasteiger partial charge in [0.1, 0.15) is 0 Å². The fraction of sp³-hybridized carbons (Fsp3) is 0.600. The Kier molecular flexibility index (Phi) is 4.58. The lowest BCUT2D eigenvalue weighted by Gasteiger charge is -2.32. The van der Waals surface area contributed by atoms with Crippen LogP contribution in [0, 0.1) is 5.92 Å². The molecule has 0 spiro atoms. The third-order valence-electron chi connectivity index (χ3n) is 3.81. The molecule has 0 unspecified atom stereocenters. The molecule has 3 atom stereocenters. The van der Waals surface area contributed by atoms with Gasteiger partial charge in [0.25, 0.3) is 0 Å². The van der Waals surface area contributed by atoms with Crippen molar-refractivity contribution >= 4 is 0 Å². The zero-order chi connectivity index (χ0) is 13.9. The van der Waals surface area contributed by atoms with E-state index < -0.39 is 18.0 Å². The van der Waals surface area contributed by atoms with Gasteiger partial charge in [-0.15, -0.1) is 0 Å². The Morgan fingerprint density at radius 2 is 1.68 bits per heavy atom. The molecule has 106 valence electrons. The summed E-state index contributed by atoms with van der Waals surface area (Å²) in [4.78, 5) is 0. The molecule has 0 radical (unpaired) electrons. The predicted octanol–water partition coefficient (Wildman–Crippen LogP) is 1.65. The van der Waals surface area contributed by atoms with Gasteiger partial charge >= 0.3 is 0 Å². The summed E-state index contributed by atoms with van der Waals surface area (Å²) >= 11 is 0. The number of hydrogen-bond acceptors (Lipinski definition) is 4. The Morgan fingerprint density at radius 1 is 1.11 bits per heavy atom. The normalized spacial score (nSPS) is 22.9. The zero-order valence-corrected chi connectivity index (χ0v) is 11.5. The zero-order valence-electron chi connectivity index (χ0n) is 11.5. The first-order valence-electron chi connectivity index (χ1n) is 6.75. The SMILES string of the molecule is C[C@H]([C@@H](C)O)[C@@H](O)CC1(c2ccccc2)OCCO1. The maximum Gasteiger partial charge on any atom is 0.197 e. The van der Waals surface area contributed by atoms with Crippen LogP contribution in [0.4, 0.5) is 0 Å². The van der Waals surface area contributed by atoms with E-state index in [4.69, 9.17) is 9.47 Å². The predicted molar refractivity (Wildman–Crippen MR) is 71.5 cm³/mol. The van der Waals surface area contributed by atoms with Gasteiger partial charge in [-0.2, -0.15) is 0 Å². The summed E-state index contributed by atoms with van der Waals surface area (Å²) in [5.41, 5.74) is 0.907. The lowest BCUT2D eigenvalue weighted by molar-refractivity contribution is -0.192. The average molecular weight is 266 g/mol. The molecule has 19 heavy (non-hydrogen) atoms. The van der Waals surface area contributed by atoms with Crippen molar-refractivity contribution in [1.82, 2.24) is 0 Å². The summed E-state index contributed by atoms with van der Waals surface area (Å²) in [5, 5.41) is 19.8. The highest BCUT2D eigenvalue weighted by Crippen LogP contribution is 2.37. The van der Waals surface area contributed by atoms with Crippen LogP contribution in [-0.2, 0) is 15.3 Å². The van der Waals surface area contributed by atoms with Gasteiger partial charge in [-0.3, -0.25) is 0 Å². The second kappa shape index (κ2) is 6.01. The van der Waals surface area contributed by atoms with Gasteiger partial charge in [-0.05, 0) is 6.92 Å². The van der Waals surface area contributed by atoms with E-state index >= 15 is 0 Å². The van der Waals surface area contributed by atoms with Crippen LogP contribution in [0.1, 0.15) is 25.8 Å². The van der Waals surface area contributed by atoms with E-state index in [0.29, 0.717) is 19.6 Å². The summed E-state index contributed by atoms with van der Waals surface area (Å²) < 4.78 is 11.5. The summed E-state index contributed by atoms with van der Waals surface area (Å²) in [6.07, 6.45) is -0.925. The van der Waals surface area contributed by atoms with Crippen molar-refractivity contribution in [1.29, 1.82) is 0 Å². The maximum atomic E-state index is 10.3. The quantitative estimate of drug-likeness (QED) is 0.851. The van der Waals surface area contributed by atoms with Gasteiger partial charge in [0.2, 0.25) is 0 Å². The maximum absolute atomic E-state index is 10.3. The number of ether oxygens (including phenoxy) is 2. The lowest BCUT2D eigenvalue weighted by Crippen LogP contribution is -2.37. The van der Waals surface area contributed by atoms with E-state index in [2.05, 4.69) is 0 Å². The second-order valence-electron chi connectivity index (χ2n) is 5.19. The molecule has 2 N–H and O–H groups in total. The van der Waals surface area contributed by atoms with E-state index in [0.717, 1.165) is 5.56 Å². The molecule has 1 heterocycles. The van der Waals surface area contributed by atoms with E-state index in [-0.39, 0.29) is 5.92 Å². The van der Waals surface area contributed by atoms with Crippen LogP contribution in [0.15, 0.2) is 30.3 Å². The Balaban J connectivity index is 2.17. The minimum Gasteiger partial charge on any atom is -0.393 e. The van der Waals surface area contributed by atoms with Gasteiger partial charge in [-0.1, -0.05) is 37.3 Å². The van der Waals surface area contributed by atoms with Crippen LogP contribution >= 0.6 is 0 Å². The third kappa shape index (κ3) is 3.15. The van der Waals surface area contributed by atoms with E-state index in [1.165, 1.54) is 0 Å². The smallest absolute Gasteiger partial charge is 0.197 e. The highest BCUT2D eigenvalue weighted by Gasteiger charge is 2.41. The number of benzene rings is 1. The molecule has 1 aromatic carbocycles. The summed E-state index contributed by atoms with van der Waals surface area (Å²) in [6, 6.07) is 9.65. The number of rotatable bonds is 5. The van der Waals surface area contributed by atoms with Crippen molar-refractivity contribution < 1.29 is 19.7 Å². The summed E-state index contributed by atoms with van der Waals surface area (Å²) in [6.45, 7) is 4.54. The molecular weight excluding hydrogens is 244 g/mol. The molecule has 0 aliphatic carbocycles. The molecule has 1 aliphatic heterocycles. The fourth-order valence-electron chi connectivity index (χ4n) is 2.33. The van der Waals surface area contributed by atoms with Crippen LogP contribution < -0.4 is 0 Å². The molecule has 1 aromatic rings. The van der Waals surface area contributed by atoms with Crippen LogP contribution in [-0.4, -0.2) is 35.6 Å². The van der Waals surface area contributed by atoms with Crippen LogP contribution in [0.3, 0.4) is 0 Å². The van der Waals surface area contributed by atoms with Gasteiger partial charge in [-0.25, -0.2) is 0 Å². The van der Waals surface area contributed by atoms with Crippen molar-refractivity contribution in [2.75, 3.05) is 13.2 Å². The minimum atomic E-state index is -0.885. The molecule has 0 aromatic heterocycles. The summed E-state index contributed by atoms with van der Waals surface area (Å²) in [5.74, 6) is -1.11. The summed E-state index contributed by atoms with van der Waals surface area (Å²) in [7, 11) is 0. The number of aliphatic hydroxyl groups excluding tert-OH is 2. The largest absolute Gasteiger partial charge is 0.393 e. The molecule has 1 saturated heterocycles. The van der Waals surface area contributed by atoms with Crippen molar-refractivity contribution in [3.05, 3.63) is 35.9 Å². The van der Waals surface area contributed by atoms with Gasteiger partial charge < -0.3 is 19.7 Å². The molecule has 4 heteroatoms. The first-order chi connectivity index (χ1) is 9.05. The fourth-order valence-corrected chi connectivity index (χ4v) is 2.33. The van der Waals surface area contributed by atoms with E-state index in [9.17, 15) is 10.2 Å². The van der Waals surface area contributed by atoms with Crippen molar-refractivity contribution in [2.45, 2.75) is 38.3 Å². The highest BCUT2D eigenvalue weighted by atomic mass is 16.7. The van der Waals surface area contributed by atoms with Gasteiger partial charge in [0.05, 0.1) is 25.4 Å². The highest BCUT2D eigenvalue weighted by molar-refractivity contribution is 5.21. The van der Waals surface area contributed by atoms with Crippen molar-refractivity contribution in [3.8, 4) is 0 Å². The molecule has 0 amide bonds. The molecule has 1 aliphatic rings. The van der Waals surface area contributed by atoms with Gasteiger partial charge in [0, 0.05) is 17.9 Å². The molecule has 2 rings (SSSR count). The van der Waals surface area contributed by atoms with Crippen LogP contribution in [0.2, 0.25) is 0 Å². The van der Waals surface area contributed by atoms with Gasteiger partial charge in [0.15, 0.2) is 5.79 Å². The number of aliphatic hydroxyl groups is 2. The topological polar surface area (TPSA) is 58.9 Å². The van der Waals surface area contributed by atoms with Crippen molar-refractivity contribution in [3.63, 3.8) is 0 Å². The van der Waals surface area contributed by atoms with Crippen molar-refractivity contribution in [2.24, 2.45) is 5.92 Å². The van der Waals surface area contributed by atoms with Crippen LogP contribution in [0.25, 0.3) is 0 Å². The minimum absolute atomic E-state index is 0.228. The average Bonchev–Trinajstić information content (AvgIpc) is 2.88. The Morgan fingerprint density at radius 3 is 2.21 bits per heavy atom. The Hall–Kier alpha value is -0.940. The molecule has 0 saturated carbocycles. The Bertz CT molecular complexity index is 384. The molecule has 4 nitrogen and oxygen atoms in total. The number of hydrogen-bond donors (Lipinski definition) is 2. The monoisotopic (exact) mass is 266 g/mol. The first kappa shape index (κ1) is 14.5. The van der Waals surface area contributed by atoms with E-state index in [1.54, 1.807) is 6.92 Å². The third-order valence-corrected chi connectivity index (χ3v) is 3.81. The Labute approximate surface area is 114 Å². The lowest BCUT2D eigenvalue weighted by atomic mass is 9.90. The molecule has 0 bridgehead atoms. The molecule has 1 fully saturated rings. The standard InChI is InChI=1S/C15H22O4/c1-11(12(2)16)14(17)10-15(18-8-9-19-15)13-6-4-3-5-7-13/h3-7,11-12,14,16-17H,8-10H2,1-2H3/t11-,12-,14+/m1/s1. The first-order valence-corrected chi connectivity index (χ1v) is 6.75.